The highest BCUT2D eigenvalue weighted by molar-refractivity contribution is 7.99. The lowest BCUT2D eigenvalue weighted by Crippen LogP contribution is -2.21. The summed E-state index contributed by atoms with van der Waals surface area (Å²) < 4.78 is 1.99. The van der Waals surface area contributed by atoms with E-state index in [0.717, 1.165) is 23.5 Å². The minimum atomic E-state index is -0.0490. The van der Waals surface area contributed by atoms with E-state index in [1.54, 1.807) is 24.3 Å². The molecule has 0 atom stereocenters. The summed E-state index contributed by atoms with van der Waals surface area (Å²) in [4.78, 5) is 23.6. The lowest BCUT2D eigenvalue weighted by atomic mass is 10.1. The average molecular weight is 443 g/mol. The van der Waals surface area contributed by atoms with Crippen LogP contribution in [0.5, 0.6) is 0 Å². The molecule has 1 aromatic heterocycles. The van der Waals surface area contributed by atoms with Gasteiger partial charge in [0.1, 0.15) is 5.82 Å². The number of thioether (sulfide) groups is 1. The van der Waals surface area contributed by atoms with Crippen molar-refractivity contribution in [2.24, 2.45) is 0 Å². The topological polar surface area (TPSA) is 76.9 Å². The van der Waals surface area contributed by atoms with Crippen LogP contribution in [0.2, 0.25) is 5.02 Å². The number of halogens is 1. The number of aromatic nitrogens is 3. The highest BCUT2D eigenvalue weighted by Gasteiger charge is 2.16. The van der Waals surface area contributed by atoms with Crippen molar-refractivity contribution >= 4 is 35.1 Å². The molecule has 1 N–H and O–H groups in total. The van der Waals surface area contributed by atoms with E-state index in [0.29, 0.717) is 28.7 Å². The zero-order chi connectivity index (χ0) is 21.5. The molecule has 8 heteroatoms. The monoisotopic (exact) mass is 442 g/mol. The van der Waals surface area contributed by atoms with Gasteiger partial charge in [0.15, 0.2) is 10.9 Å². The lowest BCUT2D eigenvalue weighted by molar-refractivity contribution is -0.118. The molecule has 0 unspecified atom stereocenters. The molecule has 0 aliphatic heterocycles. The summed E-state index contributed by atoms with van der Waals surface area (Å²) >= 11 is 7.26. The molecule has 156 valence electrons. The number of Topliss-reactive ketones (excluding diaryl/α,β-unsaturated/α-hetero) is 1. The van der Waals surface area contributed by atoms with Gasteiger partial charge in [0.05, 0.1) is 5.75 Å². The SMILES string of the molecule is CC(=O)NCCCc1nnc(SCC(=O)c2ccc(Cl)cc2)n1-c1cccc(C)c1. The average Bonchev–Trinajstić information content (AvgIpc) is 3.12. The fourth-order valence-corrected chi connectivity index (χ4v) is 3.93. The Bertz CT molecular complexity index is 1030. The van der Waals surface area contributed by atoms with Crippen LogP contribution in [0.3, 0.4) is 0 Å². The van der Waals surface area contributed by atoms with E-state index in [-0.39, 0.29) is 17.4 Å². The molecule has 0 fully saturated rings. The number of benzene rings is 2. The maximum absolute atomic E-state index is 12.6. The van der Waals surface area contributed by atoms with Gasteiger partial charge in [0, 0.05) is 36.2 Å². The van der Waals surface area contributed by atoms with Gasteiger partial charge in [-0.15, -0.1) is 10.2 Å². The van der Waals surface area contributed by atoms with Crippen molar-refractivity contribution in [2.45, 2.75) is 31.8 Å². The molecular weight excluding hydrogens is 420 g/mol. The number of hydrogen-bond acceptors (Lipinski definition) is 5. The molecule has 3 rings (SSSR count). The molecule has 1 heterocycles. The molecule has 0 bridgehead atoms. The van der Waals surface area contributed by atoms with Crippen LogP contribution in [0.25, 0.3) is 5.69 Å². The Morgan fingerprint density at radius 3 is 2.60 bits per heavy atom. The molecule has 0 aliphatic rings. The van der Waals surface area contributed by atoms with E-state index >= 15 is 0 Å². The van der Waals surface area contributed by atoms with Crippen molar-refractivity contribution in [3.05, 3.63) is 70.5 Å². The number of nitrogens with one attached hydrogen (secondary N) is 1. The van der Waals surface area contributed by atoms with E-state index in [1.807, 2.05) is 29.7 Å². The number of hydrogen-bond donors (Lipinski definition) is 1. The van der Waals surface area contributed by atoms with Gasteiger partial charge < -0.3 is 5.32 Å². The Morgan fingerprint density at radius 2 is 1.90 bits per heavy atom. The second-order valence-electron chi connectivity index (χ2n) is 6.88. The summed E-state index contributed by atoms with van der Waals surface area (Å²) in [7, 11) is 0. The number of ketones is 1. The molecule has 3 aromatic rings. The first-order chi connectivity index (χ1) is 14.4. The summed E-state index contributed by atoms with van der Waals surface area (Å²) in [6.07, 6.45) is 1.41. The summed E-state index contributed by atoms with van der Waals surface area (Å²) in [6, 6.07) is 14.9. The highest BCUT2D eigenvalue weighted by atomic mass is 35.5. The minimum absolute atomic E-state index is 0.00247. The Kier molecular flexibility index (Phi) is 7.65. The lowest BCUT2D eigenvalue weighted by Gasteiger charge is -2.11. The third-order valence-electron chi connectivity index (χ3n) is 4.41. The first-order valence-corrected chi connectivity index (χ1v) is 11.0. The van der Waals surface area contributed by atoms with Crippen molar-refractivity contribution in [1.82, 2.24) is 20.1 Å². The Labute approximate surface area is 185 Å². The minimum Gasteiger partial charge on any atom is -0.356 e. The van der Waals surface area contributed by atoms with Crippen molar-refractivity contribution in [3.8, 4) is 5.69 Å². The largest absolute Gasteiger partial charge is 0.356 e. The predicted molar refractivity (Wildman–Crippen MR) is 120 cm³/mol. The maximum atomic E-state index is 12.6. The molecule has 0 saturated carbocycles. The Balaban J connectivity index is 1.78. The van der Waals surface area contributed by atoms with Crippen LogP contribution < -0.4 is 5.32 Å². The van der Waals surface area contributed by atoms with Crippen LogP contribution in [0.4, 0.5) is 0 Å². The molecule has 0 spiro atoms. The number of carbonyl (C=O) groups excluding carboxylic acids is 2. The van der Waals surface area contributed by atoms with Gasteiger partial charge in [0.25, 0.3) is 0 Å². The van der Waals surface area contributed by atoms with Gasteiger partial charge >= 0.3 is 0 Å². The zero-order valence-electron chi connectivity index (χ0n) is 16.9. The summed E-state index contributed by atoms with van der Waals surface area (Å²) in [5.74, 6) is 1.000. The Morgan fingerprint density at radius 1 is 1.13 bits per heavy atom. The van der Waals surface area contributed by atoms with Crippen LogP contribution in [-0.2, 0) is 11.2 Å². The van der Waals surface area contributed by atoms with Gasteiger partial charge in [-0.05, 0) is 55.3 Å². The number of aryl methyl sites for hydroxylation is 2. The van der Waals surface area contributed by atoms with Gasteiger partial charge in [-0.25, -0.2) is 0 Å². The van der Waals surface area contributed by atoms with Crippen molar-refractivity contribution in [1.29, 1.82) is 0 Å². The van der Waals surface area contributed by atoms with Gasteiger partial charge in [-0.2, -0.15) is 0 Å². The first kappa shape index (κ1) is 22.1. The second kappa shape index (κ2) is 10.4. The van der Waals surface area contributed by atoms with Crippen LogP contribution >= 0.6 is 23.4 Å². The van der Waals surface area contributed by atoms with Crippen molar-refractivity contribution in [3.63, 3.8) is 0 Å². The third-order valence-corrected chi connectivity index (χ3v) is 5.59. The van der Waals surface area contributed by atoms with Crippen molar-refractivity contribution in [2.75, 3.05) is 12.3 Å². The molecule has 2 aromatic carbocycles. The quantitative estimate of drug-likeness (QED) is 0.304. The van der Waals surface area contributed by atoms with E-state index < -0.39 is 0 Å². The summed E-state index contributed by atoms with van der Waals surface area (Å²) in [6.45, 7) is 4.11. The van der Waals surface area contributed by atoms with Gasteiger partial charge in [-0.1, -0.05) is 35.5 Å². The van der Waals surface area contributed by atoms with Crippen molar-refractivity contribution < 1.29 is 9.59 Å². The molecule has 0 saturated heterocycles. The molecule has 30 heavy (non-hydrogen) atoms. The summed E-state index contributed by atoms with van der Waals surface area (Å²) in [5.41, 5.74) is 2.69. The number of nitrogens with zero attached hydrogens (tertiary/aromatic N) is 3. The van der Waals surface area contributed by atoms with Crippen LogP contribution in [0.1, 0.15) is 35.1 Å². The number of rotatable bonds is 9. The molecule has 6 nitrogen and oxygen atoms in total. The third kappa shape index (κ3) is 5.93. The normalized spacial score (nSPS) is 10.8. The van der Waals surface area contributed by atoms with E-state index in [1.165, 1.54) is 18.7 Å². The molecule has 0 radical (unpaired) electrons. The number of carbonyl (C=O) groups is 2. The zero-order valence-corrected chi connectivity index (χ0v) is 18.5. The Hall–Kier alpha value is -2.64. The van der Waals surface area contributed by atoms with Crippen LogP contribution in [-0.4, -0.2) is 38.8 Å². The second-order valence-corrected chi connectivity index (χ2v) is 8.26. The van der Waals surface area contributed by atoms with Crippen LogP contribution in [0.15, 0.2) is 53.7 Å². The molecule has 1 amide bonds. The smallest absolute Gasteiger partial charge is 0.216 e. The fourth-order valence-electron chi connectivity index (χ4n) is 2.94. The number of amides is 1. The van der Waals surface area contributed by atoms with E-state index in [4.69, 9.17) is 11.6 Å². The van der Waals surface area contributed by atoms with Crippen LogP contribution in [0, 0.1) is 6.92 Å². The predicted octanol–water partition coefficient (Wildman–Crippen LogP) is 4.27. The standard InChI is InChI=1S/C22H23ClN4O2S/c1-15-5-3-6-19(13-15)27-21(7-4-12-24-16(2)28)25-26-22(27)30-14-20(29)17-8-10-18(23)11-9-17/h3,5-6,8-11,13H,4,7,12,14H2,1-2H3,(H,24,28). The van der Waals surface area contributed by atoms with E-state index in [2.05, 4.69) is 21.6 Å². The first-order valence-electron chi connectivity index (χ1n) is 9.61. The maximum Gasteiger partial charge on any atom is 0.216 e. The molecular formula is C22H23ClN4O2S. The fraction of sp³-hybridized carbons (Fsp3) is 0.273. The van der Waals surface area contributed by atoms with Gasteiger partial charge in [0.2, 0.25) is 5.91 Å². The molecule has 0 aliphatic carbocycles. The highest BCUT2D eigenvalue weighted by Crippen LogP contribution is 2.24. The summed E-state index contributed by atoms with van der Waals surface area (Å²) in [5, 5.41) is 12.7. The van der Waals surface area contributed by atoms with E-state index in [9.17, 15) is 9.59 Å². The van der Waals surface area contributed by atoms with Gasteiger partial charge in [-0.3, -0.25) is 14.2 Å².